The molecule has 4 heteroatoms. The number of Topliss-reactive ketones (excluding diaryl/α,β-unsaturated/α-hetero) is 1. The number of benzene rings is 1. The maximum Gasteiger partial charge on any atom is 0.312 e. The number of fused-ring (bicyclic) bond motifs is 7. The average Bonchev–Trinajstić information content (AvgIpc) is 3.36. The lowest BCUT2D eigenvalue weighted by Gasteiger charge is -2.71. The van der Waals surface area contributed by atoms with Crippen LogP contribution in [0.2, 0.25) is 0 Å². The molecule has 0 aromatic heterocycles. The number of ether oxygens (including phenoxy) is 2. The molecule has 0 heterocycles. The zero-order valence-electron chi connectivity index (χ0n) is 29.6. The fourth-order valence-corrected chi connectivity index (χ4v) is 11.9. The molecule has 228 valence electrons. The van der Waals surface area contributed by atoms with Crippen LogP contribution in [-0.4, -0.2) is 18.8 Å². The summed E-state index contributed by atoms with van der Waals surface area (Å²) in [5.41, 5.74) is 0.506. The number of hydrogen-bond donors (Lipinski definition) is 0. The van der Waals surface area contributed by atoms with Gasteiger partial charge in [-0.2, -0.15) is 0 Å². The fraction of sp³-hybridized carbons (Fsp3) is 0.684. The van der Waals surface area contributed by atoms with Crippen molar-refractivity contribution in [3.63, 3.8) is 0 Å². The lowest BCUT2D eigenvalue weighted by molar-refractivity contribution is -0.224. The van der Waals surface area contributed by atoms with E-state index in [1.807, 2.05) is 50.3 Å². The Bertz CT molecular complexity index is 1410. The first-order valence-corrected chi connectivity index (χ1v) is 16.2. The van der Waals surface area contributed by atoms with Crippen molar-refractivity contribution in [1.82, 2.24) is 0 Å². The third kappa shape index (κ3) is 3.84. The minimum absolute atomic E-state index is 0.0113. The van der Waals surface area contributed by atoms with E-state index < -0.39 is 17.9 Å². The van der Waals surface area contributed by atoms with Crippen LogP contribution in [0.5, 0.6) is 0 Å². The molecule has 0 amide bonds. The van der Waals surface area contributed by atoms with Gasteiger partial charge in [-0.25, -0.2) is 0 Å². The average molecular weight is 576 g/mol. The topological polar surface area (TPSA) is 52.6 Å². The number of methoxy groups -OCH3 is 1. The summed E-state index contributed by atoms with van der Waals surface area (Å²) in [6, 6.07) is 9.95. The van der Waals surface area contributed by atoms with Crippen LogP contribution in [0.3, 0.4) is 0 Å². The lowest BCUT2D eigenvalue weighted by Crippen LogP contribution is -2.66. The Labute approximate surface area is 257 Å². The summed E-state index contributed by atoms with van der Waals surface area (Å²) >= 11 is 0. The van der Waals surface area contributed by atoms with Gasteiger partial charge < -0.3 is 9.47 Å². The summed E-state index contributed by atoms with van der Waals surface area (Å²) in [4.78, 5) is 27.8. The molecule has 5 aliphatic carbocycles. The summed E-state index contributed by atoms with van der Waals surface area (Å²) in [6.07, 6.45) is 9.41. The van der Waals surface area contributed by atoms with E-state index in [2.05, 4.69) is 34.3 Å². The second-order valence-electron chi connectivity index (χ2n) is 15.9. The van der Waals surface area contributed by atoms with Gasteiger partial charge in [0.15, 0.2) is 5.76 Å². The maximum atomic E-state index is 14.2. The molecule has 0 N–H and O–H groups in total. The number of esters is 1. The van der Waals surface area contributed by atoms with Crippen molar-refractivity contribution in [1.29, 1.82) is 0 Å². The molecule has 0 radical (unpaired) electrons. The zero-order chi connectivity index (χ0) is 32.8. The molecule has 0 unspecified atom stereocenters. The van der Waals surface area contributed by atoms with Crippen LogP contribution in [0, 0.1) is 56.7 Å². The van der Waals surface area contributed by atoms with E-state index in [0.29, 0.717) is 12.5 Å². The summed E-state index contributed by atoms with van der Waals surface area (Å²) < 4.78 is 34.9. The number of carbonyl (C=O) groups is 2. The Morgan fingerprint density at radius 1 is 0.952 bits per heavy atom. The van der Waals surface area contributed by atoms with Gasteiger partial charge >= 0.3 is 5.97 Å². The molecular weight excluding hydrogens is 520 g/mol. The lowest BCUT2D eigenvalue weighted by atomic mass is 9.33. The molecule has 5 aliphatic rings. The smallest absolute Gasteiger partial charge is 0.312 e. The van der Waals surface area contributed by atoms with Gasteiger partial charge in [0.1, 0.15) is 6.61 Å². The van der Waals surface area contributed by atoms with Crippen molar-refractivity contribution in [2.24, 2.45) is 56.7 Å². The van der Waals surface area contributed by atoms with Crippen molar-refractivity contribution < 1.29 is 23.2 Å². The number of allylic oxidation sites excluding steroid dienone is 3. The highest BCUT2D eigenvalue weighted by molar-refractivity contribution is 5.99. The molecule has 6 rings (SSSR count). The van der Waals surface area contributed by atoms with Crippen LogP contribution < -0.4 is 0 Å². The third-order valence-electron chi connectivity index (χ3n) is 14.1. The Balaban J connectivity index is 1.37. The van der Waals surface area contributed by atoms with Gasteiger partial charge in [0, 0.05) is 5.41 Å². The molecule has 42 heavy (non-hydrogen) atoms. The molecule has 1 aromatic rings. The van der Waals surface area contributed by atoms with Gasteiger partial charge in [0.2, 0.25) is 5.78 Å². The van der Waals surface area contributed by atoms with Gasteiger partial charge in [0.25, 0.3) is 0 Å². The van der Waals surface area contributed by atoms with E-state index in [1.165, 1.54) is 5.57 Å². The number of rotatable bonds is 5. The van der Waals surface area contributed by atoms with Gasteiger partial charge in [-0.1, -0.05) is 77.1 Å². The molecular formula is C38H52O4. The SMILES string of the molecule is [2H]C([2H])([2H])OC1=C[C@]2(C)[C@H]3CC[C@@H]4[C@H]5[C@H](C(=C)C)CC[C@]5(C(=O)OCc5ccccc5)CC[C@@]4(C)[C@]3(C)CC[C@H]2C(C)(C)C1=O. The molecule has 4 fully saturated rings. The van der Waals surface area contributed by atoms with Crippen molar-refractivity contribution in [3.05, 3.63) is 59.9 Å². The summed E-state index contributed by atoms with van der Waals surface area (Å²) in [7, 11) is -2.68. The number of ketones is 1. The normalized spacial score (nSPS) is 45.0. The first kappa shape index (κ1) is 26.1. The fourth-order valence-electron chi connectivity index (χ4n) is 11.9. The predicted octanol–water partition coefficient (Wildman–Crippen LogP) is 8.71. The first-order chi connectivity index (χ1) is 20.9. The molecule has 0 aliphatic heterocycles. The molecule has 4 saturated carbocycles. The summed E-state index contributed by atoms with van der Waals surface area (Å²) in [5, 5.41) is 0. The Hall–Kier alpha value is -2.36. The van der Waals surface area contributed by atoms with E-state index in [4.69, 9.17) is 13.6 Å². The first-order valence-electron chi connectivity index (χ1n) is 17.7. The monoisotopic (exact) mass is 575 g/mol. The number of carbonyl (C=O) groups excluding carboxylic acids is 2. The third-order valence-corrected chi connectivity index (χ3v) is 14.1. The van der Waals surface area contributed by atoms with E-state index in [0.717, 1.165) is 56.9 Å². The minimum atomic E-state index is -2.68. The van der Waals surface area contributed by atoms with Gasteiger partial charge in [-0.3, -0.25) is 9.59 Å². The van der Waals surface area contributed by atoms with Crippen molar-refractivity contribution in [2.75, 3.05) is 7.04 Å². The number of hydrogen-bond acceptors (Lipinski definition) is 4. The van der Waals surface area contributed by atoms with E-state index >= 15 is 0 Å². The maximum absolute atomic E-state index is 14.2. The van der Waals surface area contributed by atoms with E-state index in [9.17, 15) is 9.59 Å². The quantitative estimate of drug-likeness (QED) is 0.260. The van der Waals surface area contributed by atoms with Crippen LogP contribution in [0.1, 0.15) is 103 Å². The molecule has 4 nitrogen and oxygen atoms in total. The summed E-state index contributed by atoms with van der Waals surface area (Å²) in [5.74, 6) is 0.966. The van der Waals surface area contributed by atoms with Gasteiger partial charge in [-0.15, -0.1) is 0 Å². The van der Waals surface area contributed by atoms with E-state index in [-0.39, 0.29) is 57.4 Å². The second-order valence-corrected chi connectivity index (χ2v) is 15.9. The van der Waals surface area contributed by atoms with Crippen molar-refractivity contribution in [2.45, 2.75) is 99.5 Å². The van der Waals surface area contributed by atoms with Crippen LogP contribution >= 0.6 is 0 Å². The zero-order valence-corrected chi connectivity index (χ0v) is 26.6. The standard InChI is InChI=1S/C38H52O4/c1-24(2)26-16-19-38(33(40)42-23-25-12-10-9-11-13-25)21-20-36(6)27(31(26)38)14-15-30-35(5)22-28(41-8)32(39)34(3,4)29(35)17-18-37(30,36)7/h9-13,22,26-27,29-31H,1,14-21,23H2,2-8H3/t26-,27+,29-,30+,31+,35-,36+,37+,38-/m0/s1/i8D3. The van der Waals surface area contributed by atoms with Crippen LogP contribution in [0.15, 0.2) is 54.3 Å². The van der Waals surface area contributed by atoms with Gasteiger partial charge in [-0.05, 0) is 116 Å². The largest absolute Gasteiger partial charge is 0.493 e. The molecule has 0 saturated heterocycles. The highest BCUT2D eigenvalue weighted by Crippen LogP contribution is 2.77. The van der Waals surface area contributed by atoms with Crippen LogP contribution in [0.25, 0.3) is 0 Å². The highest BCUT2D eigenvalue weighted by atomic mass is 16.5. The van der Waals surface area contributed by atoms with Gasteiger partial charge in [0.05, 0.1) is 16.6 Å². The van der Waals surface area contributed by atoms with Crippen LogP contribution in [0.4, 0.5) is 0 Å². The predicted molar refractivity (Wildman–Crippen MR) is 166 cm³/mol. The van der Waals surface area contributed by atoms with E-state index in [1.54, 1.807) is 0 Å². The molecule has 0 spiro atoms. The van der Waals surface area contributed by atoms with Crippen LogP contribution in [-0.2, 0) is 25.7 Å². The Kier molecular flexibility index (Phi) is 6.10. The Morgan fingerprint density at radius 3 is 2.38 bits per heavy atom. The summed E-state index contributed by atoms with van der Waals surface area (Å²) in [6.45, 7) is 18.1. The Morgan fingerprint density at radius 2 is 1.69 bits per heavy atom. The minimum Gasteiger partial charge on any atom is -0.493 e. The molecule has 1 aromatic carbocycles. The molecule has 0 bridgehead atoms. The molecule has 9 atom stereocenters. The highest BCUT2D eigenvalue weighted by Gasteiger charge is 2.72. The van der Waals surface area contributed by atoms with Crippen molar-refractivity contribution >= 4 is 11.8 Å². The van der Waals surface area contributed by atoms with Crippen molar-refractivity contribution in [3.8, 4) is 0 Å². The second kappa shape index (κ2) is 9.83.